The zero-order valence-corrected chi connectivity index (χ0v) is 13.2. The number of aromatic nitrogens is 7. The molecule has 0 radical (unpaired) electrons. The van der Waals surface area contributed by atoms with Crippen molar-refractivity contribution in [2.75, 3.05) is 0 Å². The molecule has 0 aliphatic carbocycles. The lowest BCUT2D eigenvalue weighted by atomic mass is 10.2. The minimum atomic E-state index is 0.702. The van der Waals surface area contributed by atoms with E-state index in [2.05, 4.69) is 41.3 Å². The summed E-state index contributed by atoms with van der Waals surface area (Å²) >= 11 is 4.96. The molecule has 0 fully saturated rings. The van der Waals surface area contributed by atoms with Gasteiger partial charge in [0.15, 0.2) is 10.8 Å². The highest BCUT2D eigenvalue weighted by atomic mass is 79.9. The van der Waals surface area contributed by atoms with Crippen LogP contribution < -0.4 is 0 Å². The molecule has 104 valence electrons. The fourth-order valence-electron chi connectivity index (χ4n) is 2.04. The van der Waals surface area contributed by atoms with Gasteiger partial charge in [0, 0.05) is 25.0 Å². The second kappa shape index (κ2) is 4.71. The number of aryl methyl sites for hydroxylation is 1. The summed E-state index contributed by atoms with van der Waals surface area (Å²) in [7, 11) is 1.88. The molecule has 0 bridgehead atoms. The number of fused-ring (bicyclic) bond motifs is 1. The number of hydrogen-bond donors (Lipinski definition) is 0. The van der Waals surface area contributed by atoms with Crippen molar-refractivity contribution in [2.45, 2.75) is 0 Å². The average molecular weight is 362 g/mol. The third-order valence-electron chi connectivity index (χ3n) is 3.03. The van der Waals surface area contributed by atoms with Crippen LogP contribution in [0.1, 0.15) is 0 Å². The van der Waals surface area contributed by atoms with Crippen LogP contribution in [0.2, 0.25) is 0 Å². The average Bonchev–Trinajstić information content (AvgIpc) is 3.14. The van der Waals surface area contributed by atoms with Crippen LogP contribution in [-0.4, -0.2) is 34.6 Å². The van der Waals surface area contributed by atoms with E-state index in [4.69, 9.17) is 0 Å². The SMILES string of the molecule is Cn1ncc(Br)c1-c1nn2c(-c3ccncc3)nnc2s1. The standard InChI is InChI=1S/C12H8BrN7S/c1-19-9(8(13)6-15-19)11-18-20-10(16-17-12(20)21-11)7-2-4-14-5-3-7/h2-6H,1H3. The quantitative estimate of drug-likeness (QED) is 0.548. The molecule has 0 aliphatic heterocycles. The first-order chi connectivity index (χ1) is 10.2. The highest BCUT2D eigenvalue weighted by Gasteiger charge is 2.18. The summed E-state index contributed by atoms with van der Waals surface area (Å²) in [5, 5.41) is 18.0. The van der Waals surface area contributed by atoms with Crippen molar-refractivity contribution in [3.63, 3.8) is 0 Å². The Morgan fingerprint density at radius 1 is 1.19 bits per heavy atom. The van der Waals surface area contributed by atoms with Crippen LogP contribution in [-0.2, 0) is 7.05 Å². The van der Waals surface area contributed by atoms with Crippen molar-refractivity contribution >= 4 is 32.2 Å². The largest absolute Gasteiger partial charge is 0.265 e. The highest BCUT2D eigenvalue weighted by Crippen LogP contribution is 2.32. The van der Waals surface area contributed by atoms with E-state index in [9.17, 15) is 0 Å². The van der Waals surface area contributed by atoms with Crippen molar-refractivity contribution in [1.29, 1.82) is 0 Å². The molecule has 0 unspecified atom stereocenters. The smallest absolute Gasteiger partial charge is 0.235 e. The molecule has 0 spiro atoms. The molecule has 4 aromatic rings. The third-order valence-corrected chi connectivity index (χ3v) is 4.51. The number of hydrogen-bond acceptors (Lipinski definition) is 6. The molecule has 0 atom stereocenters. The second-order valence-corrected chi connectivity index (χ2v) is 6.14. The van der Waals surface area contributed by atoms with Crippen LogP contribution in [0.5, 0.6) is 0 Å². The minimum Gasteiger partial charge on any atom is -0.265 e. The van der Waals surface area contributed by atoms with Crippen molar-refractivity contribution < 1.29 is 0 Å². The molecule has 0 aliphatic rings. The molecule has 0 aromatic carbocycles. The van der Waals surface area contributed by atoms with Gasteiger partial charge in [-0.2, -0.15) is 14.7 Å². The lowest BCUT2D eigenvalue weighted by Gasteiger charge is -1.97. The van der Waals surface area contributed by atoms with E-state index in [-0.39, 0.29) is 0 Å². The molecule has 0 amide bonds. The van der Waals surface area contributed by atoms with Crippen molar-refractivity contribution in [3.05, 3.63) is 35.2 Å². The molecular weight excluding hydrogens is 354 g/mol. The zero-order valence-electron chi connectivity index (χ0n) is 10.8. The number of pyridine rings is 1. The fraction of sp³-hybridized carbons (Fsp3) is 0.0833. The summed E-state index contributed by atoms with van der Waals surface area (Å²) in [4.78, 5) is 4.75. The summed E-state index contributed by atoms with van der Waals surface area (Å²) in [6, 6.07) is 3.77. The maximum atomic E-state index is 4.61. The summed E-state index contributed by atoms with van der Waals surface area (Å²) in [6.07, 6.45) is 5.20. The van der Waals surface area contributed by atoms with Gasteiger partial charge in [0.05, 0.1) is 10.7 Å². The summed E-state index contributed by atoms with van der Waals surface area (Å²) in [5.74, 6) is 0.702. The predicted octanol–water partition coefficient (Wildman–Crippen LogP) is 2.41. The van der Waals surface area contributed by atoms with Crippen molar-refractivity contribution in [1.82, 2.24) is 34.6 Å². The van der Waals surface area contributed by atoms with E-state index in [1.165, 1.54) is 11.3 Å². The molecule has 4 aromatic heterocycles. The Hall–Kier alpha value is -2.13. The van der Waals surface area contributed by atoms with Crippen LogP contribution in [0.4, 0.5) is 0 Å². The van der Waals surface area contributed by atoms with Gasteiger partial charge in [-0.15, -0.1) is 10.2 Å². The van der Waals surface area contributed by atoms with Gasteiger partial charge >= 0.3 is 0 Å². The lowest BCUT2D eigenvalue weighted by molar-refractivity contribution is 0.772. The maximum Gasteiger partial charge on any atom is 0.235 e. The highest BCUT2D eigenvalue weighted by molar-refractivity contribution is 9.10. The van der Waals surface area contributed by atoms with Gasteiger partial charge in [-0.25, -0.2) is 0 Å². The van der Waals surface area contributed by atoms with E-state index in [1.54, 1.807) is 27.8 Å². The van der Waals surface area contributed by atoms with Gasteiger partial charge in [-0.1, -0.05) is 11.3 Å². The topological polar surface area (TPSA) is 73.8 Å². The summed E-state index contributed by atoms with van der Waals surface area (Å²) in [5.41, 5.74) is 1.85. The van der Waals surface area contributed by atoms with Gasteiger partial charge < -0.3 is 0 Å². The van der Waals surface area contributed by atoms with Gasteiger partial charge in [0.2, 0.25) is 4.96 Å². The molecule has 0 N–H and O–H groups in total. The Morgan fingerprint density at radius 3 is 2.71 bits per heavy atom. The van der Waals surface area contributed by atoms with Gasteiger partial charge in [-0.05, 0) is 28.1 Å². The normalized spacial score (nSPS) is 11.3. The van der Waals surface area contributed by atoms with E-state index < -0.39 is 0 Å². The fourth-order valence-corrected chi connectivity index (χ4v) is 3.64. The van der Waals surface area contributed by atoms with Crippen LogP contribution >= 0.6 is 27.3 Å². The first kappa shape index (κ1) is 12.6. The Balaban J connectivity index is 1.91. The minimum absolute atomic E-state index is 0.702. The van der Waals surface area contributed by atoms with E-state index in [0.29, 0.717) is 5.82 Å². The zero-order chi connectivity index (χ0) is 14.4. The molecule has 21 heavy (non-hydrogen) atoms. The summed E-state index contributed by atoms with van der Waals surface area (Å²) in [6.45, 7) is 0. The monoisotopic (exact) mass is 361 g/mol. The molecule has 9 heteroatoms. The Bertz CT molecular complexity index is 904. The predicted molar refractivity (Wildman–Crippen MR) is 81.8 cm³/mol. The van der Waals surface area contributed by atoms with Crippen LogP contribution in [0.3, 0.4) is 0 Å². The van der Waals surface area contributed by atoms with E-state index in [1.807, 2.05) is 19.2 Å². The Labute approximate surface area is 131 Å². The van der Waals surface area contributed by atoms with Gasteiger partial charge in [0.25, 0.3) is 0 Å². The summed E-state index contributed by atoms with van der Waals surface area (Å²) < 4.78 is 4.43. The Kier molecular flexibility index (Phi) is 2.82. The van der Waals surface area contributed by atoms with Gasteiger partial charge in [-0.3, -0.25) is 9.67 Å². The lowest BCUT2D eigenvalue weighted by Crippen LogP contribution is -1.95. The van der Waals surface area contributed by atoms with Crippen LogP contribution in [0, 0.1) is 0 Å². The molecular formula is C12H8BrN7S. The molecule has 0 saturated heterocycles. The molecule has 4 heterocycles. The number of nitrogens with zero attached hydrogens (tertiary/aromatic N) is 7. The molecule has 0 saturated carbocycles. The number of rotatable bonds is 2. The van der Waals surface area contributed by atoms with Crippen molar-refractivity contribution in [3.8, 4) is 22.1 Å². The first-order valence-electron chi connectivity index (χ1n) is 6.04. The molecule has 7 nitrogen and oxygen atoms in total. The van der Waals surface area contributed by atoms with Crippen molar-refractivity contribution in [2.24, 2.45) is 7.05 Å². The maximum absolute atomic E-state index is 4.61. The van der Waals surface area contributed by atoms with Crippen LogP contribution in [0.15, 0.2) is 35.2 Å². The van der Waals surface area contributed by atoms with Crippen LogP contribution in [0.25, 0.3) is 27.1 Å². The van der Waals surface area contributed by atoms with E-state index >= 15 is 0 Å². The van der Waals surface area contributed by atoms with Gasteiger partial charge in [0.1, 0.15) is 5.69 Å². The Morgan fingerprint density at radius 2 is 2.00 bits per heavy atom. The molecule has 4 rings (SSSR count). The van der Waals surface area contributed by atoms with E-state index in [0.717, 1.165) is 25.7 Å². The third kappa shape index (κ3) is 1.96. The number of halogens is 1. The first-order valence-corrected chi connectivity index (χ1v) is 7.65. The second-order valence-electron chi connectivity index (χ2n) is 4.33.